The quantitative estimate of drug-likeness (QED) is 0.171. The van der Waals surface area contributed by atoms with Crippen molar-refractivity contribution in [3.05, 3.63) is 0 Å². The number of aliphatic carboxylic acids is 2. The molecule has 0 radical (unpaired) electrons. The predicted molar refractivity (Wildman–Crippen MR) is 121 cm³/mol. The molecule has 0 saturated carbocycles. The molecule has 5 N–H and O–H groups in total. The second kappa shape index (κ2) is 16.3. The Labute approximate surface area is 192 Å². The van der Waals surface area contributed by atoms with Crippen molar-refractivity contribution in [3.63, 3.8) is 0 Å². The van der Waals surface area contributed by atoms with Crippen molar-refractivity contribution in [2.75, 3.05) is 25.4 Å². The van der Waals surface area contributed by atoms with E-state index in [1.807, 2.05) is 5.32 Å². The molecule has 0 fully saturated rings. The minimum atomic E-state index is -1.50. The molecule has 0 aromatic carbocycles. The van der Waals surface area contributed by atoms with Crippen LogP contribution in [0, 0.1) is 0 Å². The number of carboxylic acids is 2. The van der Waals surface area contributed by atoms with Crippen LogP contribution in [0.1, 0.15) is 39.5 Å². The van der Waals surface area contributed by atoms with Crippen molar-refractivity contribution in [2.24, 2.45) is 0 Å². The van der Waals surface area contributed by atoms with Gasteiger partial charge < -0.3 is 31.1 Å². The van der Waals surface area contributed by atoms with E-state index in [-0.39, 0.29) is 24.0 Å². The minimum absolute atomic E-state index is 0.0796. The van der Waals surface area contributed by atoms with Crippen LogP contribution in [0.5, 0.6) is 0 Å². The van der Waals surface area contributed by atoms with Gasteiger partial charge in [-0.1, -0.05) is 8.44 Å². The molecule has 12 nitrogen and oxygen atoms in total. The van der Waals surface area contributed by atoms with Crippen LogP contribution < -0.4 is 16.0 Å². The van der Waals surface area contributed by atoms with Crippen molar-refractivity contribution in [1.82, 2.24) is 20.9 Å². The third-order valence-electron chi connectivity index (χ3n) is 4.22. The van der Waals surface area contributed by atoms with Gasteiger partial charge in [-0.05, 0) is 26.7 Å². The van der Waals surface area contributed by atoms with Gasteiger partial charge in [0.1, 0.15) is 12.6 Å². The van der Waals surface area contributed by atoms with Gasteiger partial charge in [0.25, 0.3) is 0 Å². The van der Waals surface area contributed by atoms with Gasteiger partial charge in [0.2, 0.25) is 23.6 Å². The first-order chi connectivity index (χ1) is 15.0. The van der Waals surface area contributed by atoms with E-state index < -0.39 is 55.3 Å². The smallest absolute Gasteiger partial charge is 0.322 e. The summed E-state index contributed by atoms with van der Waals surface area (Å²) in [7, 11) is 2.33. The fourth-order valence-electron chi connectivity index (χ4n) is 2.71. The lowest BCUT2D eigenvalue weighted by atomic mass is 10.1. The van der Waals surface area contributed by atoms with Crippen molar-refractivity contribution < 1.29 is 39.0 Å². The molecule has 3 atom stereocenters. The lowest BCUT2D eigenvalue weighted by Crippen LogP contribution is -2.53. The van der Waals surface area contributed by atoms with Gasteiger partial charge in [-0.25, -0.2) is 0 Å². The minimum Gasteiger partial charge on any atom is -0.481 e. The van der Waals surface area contributed by atoms with Gasteiger partial charge in [0.05, 0.1) is 18.7 Å². The summed E-state index contributed by atoms with van der Waals surface area (Å²) in [4.78, 5) is 71.6. The maximum Gasteiger partial charge on any atom is 0.322 e. The Kier molecular flexibility index (Phi) is 15.0. The lowest BCUT2D eigenvalue weighted by molar-refractivity contribution is -0.142. The van der Waals surface area contributed by atoms with Crippen LogP contribution in [-0.4, -0.2) is 88.2 Å². The molecule has 0 heterocycles. The number of hydrogen-bond donors (Lipinski definition) is 5. The summed E-state index contributed by atoms with van der Waals surface area (Å²) in [6.07, 6.45) is 0.463. The second-order valence-corrected chi connectivity index (χ2v) is 8.48. The number of amides is 4. The van der Waals surface area contributed by atoms with Crippen LogP contribution in [0.4, 0.5) is 0 Å². The number of hydrogen-bond acceptors (Lipinski definition) is 7. The van der Waals surface area contributed by atoms with Crippen molar-refractivity contribution in [3.8, 4) is 0 Å². The molecule has 0 saturated heterocycles. The summed E-state index contributed by atoms with van der Waals surface area (Å²) < 4.78 is 0. The van der Waals surface area contributed by atoms with Crippen LogP contribution in [0.25, 0.3) is 0 Å². The summed E-state index contributed by atoms with van der Waals surface area (Å²) >= 11 is 1.19. The highest BCUT2D eigenvalue weighted by Gasteiger charge is 2.27. The molecule has 14 heteroatoms. The van der Waals surface area contributed by atoms with E-state index in [9.17, 15) is 28.8 Å². The standard InChI is InChI=1S/C18H31N4O8PS/c1-3-19-13(23)6-4-5-11(2)22(15(25)10-32-31)9-14(24)21-12(7-16(26)27)18(30)20-8-17(28)29/h11-12H,3-10,31H2,1-2H3,(H,19,23)(H,20,30)(H,21,24)(H,26,27)(H,28,29). The van der Waals surface area contributed by atoms with Crippen molar-refractivity contribution >= 4 is 55.4 Å². The molecule has 0 spiro atoms. The molecule has 0 aliphatic rings. The zero-order valence-corrected chi connectivity index (χ0v) is 20.1. The van der Waals surface area contributed by atoms with E-state index in [2.05, 4.69) is 19.1 Å². The Hall–Kier alpha value is -2.40. The van der Waals surface area contributed by atoms with Crippen LogP contribution in [-0.2, 0) is 28.8 Å². The number of rotatable bonds is 16. The van der Waals surface area contributed by atoms with E-state index >= 15 is 0 Å². The van der Waals surface area contributed by atoms with Gasteiger partial charge in [0, 0.05) is 19.0 Å². The summed E-state index contributed by atoms with van der Waals surface area (Å²) in [5.74, 6) is -4.79. The third-order valence-corrected chi connectivity index (χ3v) is 5.13. The Morgan fingerprint density at radius 1 is 1.03 bits per heavy atom. The van der Waals surface area contributed by atoms with E-state index in [0.717, 1.165) is 0 Å². The highest BCUT2D eigenvalue weighted by atomic mass is 32.7. The first-order valence-corrected chi connectivity index (χ1v) is 12.4. The first kappa shape index (κ1) is 29.6. The molecule has 32 heavy (non-hydrogen) atoms. The summed E-state index contributed by atoms with van der Waals surface area (Å²) in [6, 6.07) is -1.89. The molecule has 0 aromatic rings. The SMILES string of the molecule is CCNC(=O)CCCC(C)N(CC(=O)NC(CC(=O)O)C(=O)NCC(=O)O)C(=O)CSP. The Morgan fingerprint density at radius 2 is 1.69 bits per heavy atom. The maximum atomic E-state index is 12.5. The number of carboxylic acid groups (broad SMARTS) is 2. The van der Waals surface area contributed by atoms with Gasteiger partial charge in [0.15, 0.2) is 0 Å². The number of carbonyl (C=O) groups excluding carboxylic acids is 4. The largest absolute Gasteiger partial charge is 0.481 e. The van der Waals surface area contributed by atoms with E-state index in [4.69, 9.17) is 10.2 Å². The average molecular weight is 495 g/mol. The zero-order chi connectivity index (χ0) is 24.7. The molecule has 0 aliphatic heterocycles. The fourth-order valence-corrected chi connectivity index (χ4v) is 3.44. The monoisotopic (exact) mass is 494 g/mol. The fraction of sp³-hybridized carbons (Fsp3) is 0.667. The van der Waals surface area contributed by atoms with Gasteiger partial charge >= 0.3 is 11.9 Å². The first-order valence-electron chi connectivity index (χ1n) is 9.90. The van der Waals surface area contributed by atoms with Crippen LogP contribution >= 0.6 is 19.8 Å². The summed E-state index contributed by atoms with van der Waals surface area (Å²) in [5, 5.41) is 24.6. The Morgan fingerprint density at radius 3 is 2.22 bits per heavy atom. The van der Waals surface area contributed by atoms with Gasteiger partial charge in [-0.3, -0.25) is 28.8 Å². The molecule has 182 valence electrons. The van der Waals surface area contributed by atoms with E-state index in [1.165, 1.54) is 16.3 Å². The van der Waals surface area contributed by atoms with E-state index in [0.29, 0.717) is 19.4 Å². The Bertz CT molecular complexity index is 694. The van der Waals surface area contributed by atoms with Crippen LogP contribution in [0.15, 0.2) is 0 Å². The lowest BCUT2D eigenvalue weighted by Gasteiger charge is -2.29. The molecule has 3 unspecified atom stereocenters. The second-order valence-electron chi connectivity index (χ2n) is 6.86. The van der Waals surface area contributed by atoms with Crippen LogP contribution in [0.3, 0.4) is 0 Å². The summed E-state index contributed by atoms with van der Waals surface area (Å²) in [5.41, 5.74) is 0. The maximum absolute atomic E-state index is 12.5. The number of nitrogens with zero attached hydrogens (tertiary/aromatic N) is 1. The van der Waals surface area contributed by atoms with Crippen molar-refractivity contribution in [1.29, 1.82) is 0 Å². The average Bonchev–Trinajstić information content (AvgIpc) is 2.69. The molecular weight excluding hydrogens is 463 g/mol. The molecule has 0 aromatic heterocycles. The van der Waals surface area contributed by atoms with Gasteiger partial charge in [-0.2, -0.15) is 0 Å². The molecule has 4 amide bonds. The predicted octanol–water partition coefficient (Wildman–Crippen LogP) is -0.806. The zero-order valence-electron chi connectivity index (χ0n) is 18.1. The normalized spacial score (nSPS) is 12.2. The Balaban J connectivity index is 5.13. The number of carbonyl (C=O) groups is 6. The number of nitrogens with one attached hydrogen (secondary N) is 3. The van der Waals surface area contributed by atoms with Crippen LogP contribution in [0.2, 0.25) is 0 Å². The van der Waals surface area contributed by atoms with Crippen molar-refractivity contribution in [2.45, 2.75) is 51.6 Å². The highest BCUT2D eigenvalue weighted by Crippen LogP contribution is 2.15. The summed E-state index contributed by atoms with van der Waals surface area (Å²) in [6.45, 7) is 2.89. The molecule has 0 aliphatic carbocycles. The topological polar surface area (TPSA) is 182 Å². The molecular formula is C18H31N4O8PS. The highest BCUT2D eigenvalue weighted by molar-refractivity contribution is 8.44. The molecule has 0 bridgehead atoms. The molecule has 0 rings (SSSR count). The van der Waals surface area contributed by atoms with E-state index in [1.54, 1.807) is 13.8 Å². The van der Waals surface area contributed by atoms with Gasteiger partial charge in [-0.15, -0.1) is 11.4 Å². The third kappa shape index (κ3) is 13.1.